The van der Waals surface area contributed by atoms with Gasteiger partial charge in [-0.1, -0.05) is 19.1 Å². The topological polar surface area (TPSA) is 47.6 Å². The molecule has 0 aliphatic carbocycles. The minimum absolute atomic E-state index is 0.104. The van der Waals surface area contributed by atoms with Crippen molar-refractivity contribution >= 4 is 40.3 Å². The Morgan fingerprint density at radius 1 is 1.12 bits per heavy atom. The minimum Gasteiger partial charge on any atom is -0.371 e. The van der Waals surface area contributed by atoms with Crippen LogP contribution in [0.2, 0.25) is 0 Å². The molecule has 0 bridgehead atoms. The molecule has 2 heterocycles. The summed E-state index contributed by atoms with van der Waals surface area (Å²) >= 11 is 5.56. The summed E-state index contributed by atoms with van der Waals surface area (Å²) < 4.78 is 0. The molecule has 2 aromatic carbocycles. The zero-order valence-corrected chi connectivity index (χ0v) is 20.2. The second-order valence-electron chi connectivity index (χ2n) is 9.26. The van der Waals surface area contributed by atoms with Gasteiger partial charge in [0.1, 0.15) is 0 Å². The van der Waals surface area contributed by atoms with Crippen LogP contribution in [0.25, 0.3) is 0 Å². The average Bonchev–Trinajstić information content (AvgIpc) is 3.19. The molecule has 0 saturated carbocycles. The number of hydrogen-bond acceptors (Lipinski definition) is 3. The number of amides is 1. The molecular formula is C26H34N4OS. The van der Waals surface area contributed by atoms with Crippen LogP contribution < -0.4 is 20.4 Å². The van der Waals surface area contributed by atoms with E-state index < -0.39 is 0 Å². The molecule has 2 aromatic rings. The van der Waals surface area contributed by atoms with Gasteiger partial charge in [-0.3, -0.25) is 4.79 Å². The summed E-state index contributed by atoms with van der Waals surface area (Å²) in [7, 11) is 0. The average molecular weight is 451 g/mol. The van der Waals surface area contributed by atoms with Crippen molar-refractivity contribution in [3.8, 4) is 0 Å². The standard InChI is InChI=1S/C26H34N4OS/c1-18-6-4-14-29(17-18)23-11-8-21(9-12-23)20(3)27-26(32)28-22-10-13-24(19(2)16-22)30-15-5-7-25(30)31/h8-13,16,18,20H,4-7,14-15,17H2,1-3H3,(H2,27,28,32). The van der Waals surface area contributed by atoms with Gasteiger partial charge in [0, 0.05) is 43.1 Å². The maximum absolute atomic E-state index is 12.0. The molecule has 2 aliphatic rings. The third-order valence-corrected chi connectivity index (χ3v) is 6.80. The number of carbonyl (C=O) groups excluding carboxylic acids is 1. The van der Waals surface area contributed by atoms with Crippen LogP contribution in [0.4, 0.5) is 17.1 Å². The van der Waals surface area contributed by atoms with Gasteiger partial charge >= 0.3 is 0 Å². The van der Waals surface area contributed by atoms with E-state index in [-0.39, 0.29) is 11.9 Å². The van der Waals surface area contributed by atoms with Crippen molar-refractivity contribution in [1.82, 2.24) is 5.32 Å². The Labute approximate surface area is 197 Å². The van der Waals surface area contributed by atoms with Gasteiger partial charge in [-0.2, -0.15) is 0 Å². The third-order valence-electron chi connectivity index (χ3n) is 6.58. The van der Waals surface area contributed by atoms with Crippen LogP contribution in [0.5, 0.6) is 0 Å². The van der Waals surface area contributed by atoms with Gasteiger partial charge in [0.25, 0.3) is 0 Å². The lowest BCUT2D eigenvalue weighted by Gasteiger charge is -2.33. The number of anilines is 3. The summed E-state index contributed by atoms with van der Waals surface area (Å²) in [6.45, 7) is 9.59. The molecule has 2 fully saturated rings. The van der Waals surface area contributed by atoms with Crippen molar-refractivity contribution in [1.29, 1.82) is 0 Å². The maximum Gasteiger partial charge on any atom is 0.227 e. The van der Waals surface area contributed by atoms with E-state index in [9.17, 15) is 4.79 Å². The fraction of sp³-hybridized carbons (Fsp3) is 0.462. The van der Waals surface area contributed by atoms with Crippen molar-refractivity contribution in [3.05, 3.63) is 53.6 Å². The van der Waals surface area contributed by atoms with Crippen LogP contribution in [-0.4, -0.2) is 30.7 Å². The number of aryl methyl sites for hydroxylation is 1. The molecule has 2 aliphatic heterocycles. The molecule has 0 radical (unpaired) electrons. The van der Waals surface area contributed by atoms with E-state index in [1.54, 1.807) is 0 Å². The Morgan fingerprint density at radius 2 is 1.91 bits per heavy atom. The molecule has 2 atom stereocenters. The number of nitrogens with zero attached hydrogens (tertiary/aromatic N) is 2. The number of benzene rings is 2. The first-order chi connectivity index (χ1) is 15.4. The van der Waals surface area contributed by atoms with Crippen LogP contribution >= 0.6 is 12.2 Å². The zero-order chi connectivity index (χ0) is 22.7. The van der Waals surface area contributed by atoms with Gasteiger partial charge in [-0.15, -0.1) is 0 Å². The van der Waals surface area contributed by atoms with E-state index in [0.717, 1.165) is 48.9 Å². The maximum atomic E-state index is 12.0. The molecule has 32 heavy (non-hydrogen) atoms. The first-order valence-electron chi connectivity index (χ1n) is 11.7. The molecule has 0 aromatic heterocycles. The molecule has 4 rings (SSSR count). The lowest BCUT2D eigenvalue weighted by Crippen LogP contribution is -2.34. The van der Waals surface area contributed by atoms with E-state index in [2.05, 4.69) is 53.6 Å². The third kappa shape index (κ3) is 5.23. The van der Waals surface area contributed by atoms with Crippen LogP contribution in [0.15, 0.2) is 42.5 Å². The number of piperidine rings is 1. The second-order valence-corrected chi connectivity index (χ2v) is 9.66. The summed E-state index contributed by atoms with van der Waals surface area (Å²) in [4.78, 5) is 16.4. The van der Waals surface area contributed by atoms with Gasteiger partial charge in [0.05, 0.1) is 6.04 Å². The van der Waals surface area contributed by atoms with Crippen molar-refractivity contribution < 1.29 is 4.79 Å². The summed E-state index contributed by atoms with van der Waals surface area (Å²) in [5.41, 5.74) is 5.51. The smallest absolute Gasteiger partial charge is 0.227 e. The van der Waals surface area contributed by atoms with Crippen LogP contribution in [0.3, 0.4) is 0 Å². The largest absolute Gasteiger partial charge is 0.371 e. The molecule has 170 valence electrons. The highest BCUT2D eigenvalue weighted by Gasteiger charge is 2.23. The Kier molecular flexibility index (Phi) is 6.99. The Balaban J connectivity index is 1.33. The molecule has 5 nitrogen and oxygen atoms in total. The highest BCUT2D eigenvalue weighted by molar-refractivity contribution is 7.80. The normalized spacial score (nSPS) is 19.7. The second kappa shape index (κ2) is 9.90. The molecular weight excluding hydrogens is 416 g/mol. The SMILES string of the molecule is Cc1cc(NC(=S)NC(C)c2ccc(N3CCCC(C)C3)cc2)ccc1N1CCCC1=O. The van der Waals surface area contributed by atoms with Gasteiger partial charge in [0.15, 0.2) is 5.11 Å². The first kappa shape index (κ1) is 22.6. The summed E-state index contributed by atoms with van der Waals surface area (Å²) in [6.07, 6.45) is 4.18. The first-order valence-corrected chi connectivity index (χ1v) is 12.1. The van der Waals surface area contributed by atoms with Crippen molar-refractivity contribution in [2.24, 2.45) is 5.92 Å². The predicted octanol–water partition coefficient (Wildman–Crippen LogP) is 5.41. The lowest BCUT2D eigenvalue weighted by molar-refractivity contribution is -0.117. The molecule has 2 saturated heterocycles. The fourth-order valence-electron chi connectivity index (χ4n) is 4.78. The highest BCUT2D eigenvalue weighted by Crippen LogP contribution is 2.28. The number of rotatable bonds is 5. The zero-order valence-electron chi connectivity index (χ0n) is 19.4. The van der Waals surface area contributed by atoms with E-state index in [1.165, 1.54) is 24.1 Å². The van der Waals surface area contributed by atoms with Gasteiger partial charge in [-0.25, -0.2) is 0 Å². The Bertz CT molecular complexity index is 974. The highest BCUT2D eigenvalue weighted by atomic mass is 32.1. The number of carbonyl (C=O) groups is 1. The van der Waals surface area contributed by atoms with Crippen molar-refractivity contribution in [3.63, 3.8) is 0 Å². The van der Waals surface area contributed by atoms with Crippen LogP contribution in [0.1, 0.15) is 56.7 Å². The van der Waals surface area contributed by atoms with Crippen molar-refractivity contribution in [2.45, 2.75) is 52.5 Å². The summed E-state index contributed by atoms with van der Waals surface area (Å²) in [5, 5.41) is 7.27. The molecule has 0 spiro atoms. The Morgan fingerprint density at radius 3 is 2.56 bits per heavy atom. The molecule has 6 heteroatoms. The fourth-order valence-corrected chi connectivity index (χ4v) is 5.08. The summed E-state index contributed by atoms with van der Waals surface area (Å²) in [5.74, 6) is 0.974. The van der Waals surface area contributed by atoms with Crippen LogP contribution in [-0.2, 0) is 4.79 Å². The quantitative estimate of drug-likeness (QED) is 0.597. The predicted molar refractivity (Wildman–Crippen MR) is 138 cm³/mol. The van der Waals surface area contributed by atoms with Gasteiger partial charge in [0.2, 0.25) is 5.91 Å². The molecule has 2 N–H and O–H groups in total. The molecule has 2 unspecified atom stereocenters. The van der Waals surface area contributed by atoms with E-state index in [1.807, 2.05) is 30.0 Å². The monoisotopic (exact) mass is 450 g/mol. The van der Waals surface area contributed by atoms with Crippen molar-refractivity contribution in [2.75, 3.05) is 34.8 Å². The number of nitrogens with one attached hydrogen (secondary N) is 2. The summed E-state index contributed by atoms with van der Waals surface area (Å²) in [6, 6.07) is 15.0. The van der Waals surface area contributed by atoms with Gasteiger partial charge in [-0.05, 0) is 92.7 Å². The van der Waals surface area contributed by atoms with E-state index >= 15 is 0 Å². The van der Waals surface area contributed by atoms with E-state index in [0.29, 0.717) is 11.5 Å². The lowest BCUT2D eigenvalue weighted by atomic mass is 9.99. The number of hydrogen-bond donors (Lipinski definition) is 2. The van der Waals surface area contributed by atoms with Gasteiger partial charge < -0.3 is 20.4 Å². The molecule has 1 amide bonds. The van der Waals surface area contributed by atoms with Crippen LogP contribution in [0, 0.1) is 12.8 Å². The number of thiocarbonyl (C=S) groups is 1. The minimum atomic E-state index is 0.104. The Hall–Kier alpha value is -2.60. The van der Waals surface area contributed by atoms with E-state index in [4.69, 9.17) is 12.2 Å².